The monoisotopic (exact) mass is 319 g/mol. The van der Waals surface area contributed by atoms with E-state index >= 15 is 0 Å². The van der Waals surface area contributed by atoms with Gasteiger partial charge in [-0.1, -0.05) is 0 Å². The highest BCUT2D eigenvalue weighted by molar-refractivity contribution is 7.15. The van der Waals surface area contributed by atoms with Crippen LogP contribution >= 0.6 is 11.3 Å². The van der Waals surface area contributed by atoms with Gasteiger partial charge in [0.1, 0.15) is 11.6 Å². The van der Waals surface area contributed by atoms with Gasteiger partial charge in [0.05, 0.1) is 11.7 Å². The van der Waals surface area contributed by atoms with Gasteiger partial charge in [-0.3, -0.25) is 0 Å². The lowest BCUT2D eigenvalue weighted by Gasteiger charge is -2.22. The molecule has 1 atom stereocenters. The minimum atomic E-state index is -0.250. The Morgan fingerprint density at radius 2 is 2.14 bits per heavy atom. The lowest BCUT2D eigenvalue weighted by molar-refractivity contribution is -0.0300. The van der Waals surface area contributed by atoms with Crippen LogP contribution in [0, 0.1) is 13.8 Å². The first-order valence-electron chi connectivity index (χ1n) is 7.69. The van der Waals surface area contributed by atoms with E-state index in [4.69, 9.17) is 9.47 Å². The second kappa shape index (κ2) is 6.67. The lowest BCUT2D eigenvalue weighted by Crippen LogP contribution is -2.26. The molecule has 0 bridgehead atoms. The van der Waals surface area contributed by atoms with E-state index in [0.29, 0.717) is 12.2 Å². The highest BCUT2D eigenvalue weighted by Crippen LogP contribution is 2.31. The van der Waals surface area contributed by atoms with E-state index in [1.54, 1.807) is 11.3 Å². The third-order valence-corrected chi connectivity index (χ3v) is 5.30. The van der Waals surface area contributed by atoms with Crippen LogP contribution in [-0.2, 0) is 9.47 Å². The number of rotatable bonds is 4. The first-order valence-corrected chi connectivity index (χ1v) is 8.50. The van der Waals surface area contributed by atoms with Crippen LogP contribution < -0.4 is 0 Å². The Hall–Kier alpha value is -1.59. The average molecular weight is 319 g/mol. The molecule has 0 spiro atoms. The summed E-state index contributed by atoms with van der Waals surface area (Å²) in [5, 5.41) is 0.926. The molecule has 5 heteroatoms. The molecular weight excluding hydrogens is 298 g/mol. The molecule has 2 aromatic rings. The van der Waals surface area contributed by atoms with Crippen LogP contribution in [0.2, 0.25) is 0 Å². The summed E-state index contributed by atoms with van der Waals surface area (Å²) < 4.78 is 13.1. The molecule has 0 saturated carbocycles. The molecule has 3 heterocycles. The van der Waals surface area contributed by atoms with Crippen LogP contribution in [0.1, 0.15) is 40.1 Å². The molecule has 0 unspecified atom stereocenters. The van der Waals surface area contributed by atoms with E-state index in [1.165, 1.54) is 0 Å². The second-order valence-corrected chi connectivity index (χ2v) is 6.84. The van der Waals surface area contributed by atoms with Gasteiger partial charge in [-0.2, -0.15) is 0 Å². The molecule has 0 aliphatic carbocycles. The van der Waals surface area contributed by atoms with Crippen LogP contribution in [0.5, 0.6) is 0 Å². The van der Waals surface area contributed by atoms with Gasteiger partial charge in [0.25, 0.3) is 0 Å². The van der Waals surface area contributed by atoms with Gasteiger partial charge in [-0.05, 0) is 50.8 Å². The molecule has 0 amide bonds. The summed E-state index contributed by atoms with van der Waals surface area (Å²) in [6, 6.07) is 3.91. The Labute approximate surface area is 134 Å². The highest BCUT2D eigenvalue weighted by Gasteiger charge is 2.23. The number of aromatic nitrogens is 1. The summed E-state index contributed by atoms with van der Waals surface area (Å²) in [5.41, 5.74) is 1.68. The highest BCUT2D eigenvalue weighted by atomic mass is 32.1. The standard InChI is InChI=1S/C17H21NO3S/c1-12-13(2)22-16(18-8-4-5-9-18)15(12)17(19)21-11-14-7-3-6-10-20-14/h4-5,8-9,14H,3,6-7,10-11H2,1-2H3/t14-/m1/s1. The molecule has 1 saturated heterocycles. The van der Waals surface area contributed by atoms with Crippen LogP contribution in [0.4, 0.5) is 0 Å². The van der Waals surface area contributed by atoms with Crippen LogP contribution in [-0.4, -0.2) is 29.9 Å². The average Bonchev–Trinajstić information content (AvgIpc) is 3.15. The maximum Gasteiger partial charge on any atom is 0.341 e. The minimum absolute atomic E-state index is 0.0489. The van der Waals surface area contributed by atoms with E-state index < -0.39 is 0 Å². The molecule has 1 aliphatic rings. The molecule has 118 valence electrons. The SMILES string of the molecule is Cc1sc(-n2cccc2)c(C(=O)OC[C@H]2CCCCO2)c1C. The Balaban J connectivity index is 1.77. The van der Waals surface area contributed by atoms with Crippen molar-refractivity contribution in [2.24, 2.45) is 0 Å². The Morgan fingerprint density at radius 3 is 2.82 bits per heavy atom. The molecule has 22 heavy (non-hydrogen) atoms. The summed E-state index contributed by atoms with van der Waals surface area (Å²) in [4.78, 5) is 13.7. The zero-order chi connectivity index (χ0) is 15.5. The number of carbonyl (C=O) groups excluding carboxylic acids is 1. The number of nitrogens with zero attached hydrogens (tertiary/aromatic N) is 1. The lowest BCUT2D eigenvalue weighted by atomic mass is 10.1. The van der Waals surface area contributed by atoms with Crippen molar-refractivity contribution in [1.82, 2.24) is 4.57 Å². The van der Waals surface area contributed by atoms with Crippen molar-refractivity contribution in [1.29, 1.82) is 0 Å². The van der Waals surface area contributed by atoms with Crippen molar-refractivity contribution in [2.45, 2.75) is 39.2 Å². The molecule has 4 nitrogen and oxygen atoms in total. The Kier molecular flexibility index (Phi) is 4.64. The minimum Gasteiger partial charge on any atom is -0.459 e. The first kappa shape index (κ1) is 15.3. The smallest absolute Gasteiger partial charge is 0.341 e. The van der Waals surface area contributed by atoms with Gasteiger partial charge < -0.3 is 14.0 Å². The molecule has 0 aromatic carbocycles. The van der Waals surface area contributed by atoms with Crippen molar-refractivity contribution in [3.8, 4) is 5.00 Å². The zero-order valence-electron chi connectivity index (χ0n) is 13.0. The van der Waals surface area contributed by atoms with E-state index in [9.17, 15) is 4.79 Å². The van der Waals surface area contributed by atoms with Crippen LogP contribution in [0.3, 0.4) is 0 Å². The molecule has 3 rings (SSSR count). The van der Waals surface area contributed by atoms with Crippen LogP contribution in [0.25, 0.3) is 5.00 Å². The number of ether oxygens (including phenoxy) is 2. The predicted octanol–water partition coefficient (Wildman–Crippen LogP) is 3.88. The van der Waals surface area contributed by atoms with Crippen molar-refractivity contribution >= 4 is 17.3 Å². The molecule has 1 fully saturated rings. The molecule has 0 radical (unpaired) electrons. The van der Waals surface area contributed by atoms with Gasteiger partial charge in [-0.25, -0.2) is 4.79 Å². The number of esters is 1. The number of carbonyl (C=O) groups is 1. The molecule has 2 aromatic heterocycles. The van der Waals surface area contributed by atoms with Gasteiger partial charge in [0.2, 0.25) is 0 Å². The molecular formula is C17H21NO3S. The molecule has 1 aliphatic heterocycles. The van der Waals surface area contributed by atoms with Crippen molar-refractivity contribution in [3.05, 3.63) is 40.5 Å². The zero-order valence-corrected chi connectivity index (χ0v) is 13.8. The van der Waals surface area contributed by atoms with Crippen LogP contribution in [0.15, 0.2) is 24.5 Å². The largest absolute Gasteiger partial charge is 0.459 e. The first-order chi connectivity index (χ1) is 10.7. The van der Waals surface area contributed by atoms with Crippen molar-refractivity contribution < 1.29 is 14.3 Å². The third-order valence-electron chi connectivity index (χ3n) is 4.08. The summed E-state index contributed by atoms with van der Waals surface area (Å²) in [5.74, 6) is -0.250. The number of hydrogen-bond acceptors (Lipinski definition) is 4. The fraction of sp³-hybridized carbons (Fsp3) is 0.471. The van der Waals surface area contributed by atoms with E-state index in [1.807, 2.05) is 42.9 Å². The summed E-state index contributed by atoms with van der Waals surface area (Å²) >= 11 is 1.62. The third kappa shape index (κ3) is 3.10. The van der Waals surface area contributed by atoms with E-state index in [0.717, 1.165) is 41.3 Å². The number of thiophene rings is 1. The summed E-state index contributed by atoms with van der Waals surface area (Å²) in [7, 11) is 0. The van der Waals surface area contributed by atoms with Gasteiger partial charge >= 0.3 is 5.97 Å². The Morgan fingerprint density at radius 1 is 1.36 bits per heavy atom. The number of hydrogen-bond donors (Lipinski definition) is 0. The predicted molar refractivity (Wildman–Crippen MR) is 87.0 cm³/mol. The quantitative estimate of drug-likeness (QED) is 0.803. The fourth-order valence-electron chi connectivity index (χ4n) is 2.68. The van der Waals surface area contributed by atoms with Gasteiger partial charge in [-0.15, -0.1) is 11.3 Å². The fourth-order valence-corrected chi connectivity index (χ4v) is 3.79. The van der Waals surface area contributed by atoms with Gasteiger partial charge in [0, 0.05) is 23.9 Å². The van der Waals surface area contributed by atoms with Gasteiger partial charge in [0.15, 0.2) is 0 Å². The Bertz CT molecular complexity index is 639. The van der Waals surface area contributed by atoms with Crippen molar-refractivity contribution in [3.63, 3.8) is 0 Å². The van der Waals surface area contributed by atoms with E-state index in [2.05, 4.69) is 0 Å². The summed E-state index contributed by atoms with van der Waals surface area (Å²) in [6.07, 6.45) is 7.17. The maximum absolute atomic E-state index is 12.6. The van der Waals surface area contributed by atoms with Crippen molar-refractivity contribution in [2.75, 3.05) is 13.2 Å². The molecule has 0 N–H and O–H groups in total. The normalized spacial score (nSPS) is 18.4. The number of aryl methyl sites for hydroxylation is 1. The topological polar surface area (TPSA) is 40.5 Å². The second-order valence-electron chi connectivity index (χ2n) is 5.64. The summed E-state index contributed by atoms with van der Waals surface area (Å²) in [6.45, 7) is 5.13. The van der Waals surface area contributed by atoms with E-state index in [-0.39, 0.29) is 12.1 Å². The maximum atomic E-state index is 12.6.